The van der Waals surface area contributed by atoms with Crippen LogP contribution in [0.4, 0.5) is 16.2 Å². The fourth-order valence-corrected chi connectivity index (χ4v) is 4.53. The van der Waals surface area contributed by atoms with Crippen LogP contribution in [0.1, 0.15) is 5.56 Å². The second-order valence-corrected chi connectivity index (χ2v) is 7.48. The Morgan fingerprint density at radius 1 is 1.19 bits per heavy atom. The van der Waals surface area contributed by atoms with Crippen molar-refractivity contribution >= 4 is 49.7 Å². The Morgan fingerprint density at radius 3 is 3.00 bits per heavy atom. The number of aromatic nitrogens is 1. The molecule has 0 saturated carbocycles. The molecule has 0 aliphatic carbocycles. The van der Waals surface area contributed by atoms with Crippen LogP contribution in [-0.4, -0.2) is 24.6 Å². The van der Waals surface area contributed by atoms with Crippen LogP contribution in [0.2, 0.25) is 0 Å². The topological polar surface area (TPSA) is 36.4 Å². The van der Waals surface area contributed by atoms with Crippen LogP contribution in [-0.2, 0) is 6.42 Å². The van der Waals surface area contributed by atoms with Crippen molar-refractivity contribution in [3.63, 3.8) is 0 Å². The molecule has 2 aromatic heterocycles. The molecule has 0 fully saturated rings. The number of carbonyl (C=O) groups is 1. The molecule has 1 aliphatic heterocycles. The number of carbonyl (C=O) groups excluding carboxylic acids is 1. The van der Waals surface area contributed by atoms with E-state index in [0.717, 1.165) is 35.2 Å². The molecule has 0 radical (unpaired) electrons. The summed E-state index contributed by atoms with van der Waals surface area (Å²) in [6, 6.07) is 16.3. The lowest BCUT2D eigenvalue weighted by Crippen LogP contribution is -2.40. The van der Waals surface area contributed by atoms with Gasteiger partial charge in [-0.3, -0.25) is 14.8 Å². The predicted molar refractivity (Wildman–Crippen MR) is 108 cm³/mol. The number of amides is 2. The normalized spacial score (nSPS) is 13.3. The SMILES string of the molecule is CN(C(=O)N1CCc2cc3sccc3cc21)c1ccnc2ccccc12. The third-order valence-corrected chi connectivity index (χ3v) is 5.93. The predicted octanol–water partition coefficient (Wildman–Crippen LogP) is 5.07. The van der Waals surface area contributed by atoms with Crippen molar-refractivity contribution in [1.82, 2.24) is 4.98 Å². The van der Waals surface area contributed by atoms with E-state index in [2.05, 4.69) is 28.6 Å². The van der Waals surface area contributed by atoms with Crippen LogP contribution in [0.15, 0.2) is 60.1 Å². The molecule has 3 heterocycles. The molecule has 2 aromatic carbocycles. The lowest BCUT2D eigenvalue weighted by Gasteiger charge is -2.26. The number of benzene rings is 2. The highest BCUT2D eigenvalue weighted by Gasteiger charge is 2.28. The van der Waals surface area contributed by atoms with Gasteiger partial charge in [0.2, 0.25) is 0 Å². The number of fused-ring (bicyclic) bond motifs is 3. The first kappa shape index (κ1) is 15.3. The summed E-state index contributed by atoms with van der Waals surface area (Å²) in [7, 11) is 1.84. The minimum Gasteiger partial charge on any atom is -0.296 e. The number of nitrogens with zero attached hydrogens (tertiary/aromatic N) is 3. The Hall–Kier alpha value is -2.92. The van der Waals surface area contributed by atoms with Crippen molar-refractivity contribution < 1.29 is 4.79 Å². The van der Waals surface area contributed by atoms with Crippen LogP contribution in [0.25, 0.3) is 21.0 Å². The molecule has 0 bridgehead atoms. The average molecular weight is 359 g/mol. The van der Waals surface area contributed by atoms with E-state index < -0.39 is 0 Å². The van der Waals surface area contributed by atoms with Gasteiger partial charge in [0.25, 0.3) is 0 Å². The highest BCUT2D eigenvalue weighted by Crippen LogP contribution is 2.36. The number of pyridine rings is 1. The maximum absolute atomic E-state index is 13.3. The summed E-state index contributed by atoms with van der Waals surface area (Å²) in [5.74, 6) is 0. The molecule has 2 amide bonds. The van der Waals surface area contributed by atoms with Gasteiger partial charge in [0.1, 0.15) is 0 Å². The van der Waals surface area contributed by atoms with Gasteiger partial charge in [-0.15, -0.1) is 11.3 Å². The molecule has 4 aromatic rings. The highest BCUT2D eigenvalue weighted by molar-refractivity contribution is 7.17. The number of hydrogen-bond donors (Lipinski definition) is 0. The van der Waals surface area contributed by atoms with Gasteiger partial charge in [0.05, 0.1) is 11.2 Å². The number of anilines is 2. The second-order valence-electron chi connectivity index (χ2n) is 6.53. The summed E-state index contributed by atoms with van der Waals surface area (Å²) in [5.41, 5.74) is 4.06. The smallest absolute Gasteiger partial charge is 0.296 e. The van der Waals surface area contributed by atoms with Crippen molar-refractivity contribution in [3.8, 4) is 0 Å². The van der Waals surface area contributed by atoms with E-state index in [9.17, 15) is 4.79 Å². The number of urea groups is 1. The van der Waals surface area contributed by atoms with Crippen LogP contribution in [0, 0.1) is 0 Å². The Labute approximate surface area is 155 Å². The van der Waals surface area contributed by atoms with Crippen molar-refractivity contribution in [2.45, 2.75) is 6.42 Å². The number of thiophene rings is 1. The Morgan fingerprint density at radius 2 is 2.08 bits per heavy atom. The first-order valence-electron chi connectivity index (χ1n) is 8.61. The zero-order valence-corrected chi connectivity index (χ0v) is 15.2. The van der Waals surface area contributed by atoms with E-state index >= 15 is 0 Å². The Kier molecular flexibility index (Phi) is 3.43. The molecule has 0 saturated heterocycles. The van der Waals surface area contributed by atoms with Crippen molar-refractivity contribution in [2.24, 2.45) is 0 Å². The maximum atomic E-state index is 13.3. The monoisotopic (exact) mass is 359 g/mol. The summed E-state index contributed by atoms with van der Waals surface area (Å²) >= 11 is 1.75. The minimum atomic E-state index is -0.00492. The van der Waals surface area contributed by atoms with Crippen LogP contribution < -0.4 is 9.80 Å². The van der Waals surface area contributed by atoms with Crippen LogP contribution >= 0.6 is 11.3 Å². The van der Waals surface area contributed by atoms with Gasteiger partial charge in [-0.1, -0.05) is 18.2 Å². The van der Waals surface area contributed by atoms with Gasteiger partial charge in [0.15, 0.2) is 0 Å². The fraction of sp³-hybridized carbons (Fsp3) is 0.143. The number of hydrogen-bond acceptors (Lipinski definition) is 3. The first-order chi connectivity index (χ1) is 12.7. The summed E-state index contributed by atoms with van der Waals surface area (Å²) in [6.07, 6.45) is 2.66. The zero-order valence-electron chi connectivity index (χ0n) is 14.3. The molecule has 5 rings (SSSR count). The third-order valence-electron chi connectivity index (χ3n) is 5.05. The largest absolute Gasteiger partial charge is 0.328 e. The van der Waals surface area contributed by atoms with E-state index in [-0.39, 0.29) is 6.03 Å². The molecule has 5 heteroatoms. The molecular weight excluding hydrogens is 342 g/mol. The van der Waals surface area contributed by atoms with Gasteiger partial charge in [-0.2, -0.15) is 0 Å². The summed E-state index contributed by atoms with van der Waals surface area (Å²) in [4.78, 5) is 21.3. The van der Waals surface area contributed by atoms with Gasteiger partial charge in [-0.25, -0.2) is 4.79 Å². The van der Waals surface area contributed by atoms with Crippen LogP contribution in [0.5, 0.6) is 0 Å². The molecule has 1 aliphatic rings. The van der Waals surface area contributed by atoms with E-state index in [1.165, 1.54) is 15.6 Å². The third kappa shape index (κ3) is 2.28. The van der Waals surface area contributed by atoms with Crippen molar-refractivity contribution in [2.75, 3.05) is 23.4 Å². The second kappa shape index (κ2) is 5.81. The average Bonchev–Trinajstić information content (AvgIpc) is 3.30. The fourth-order valence-electron chi connectivity index (χ4n) is 3.70. The van der Waals surface area contributed by atoms with E-state index in [1.54, 1.807) is 22.4 Å². The Bertz CT molecular complexity index is 1150. The summed E-state index contributed by atoms with van der Waals surface area (Å²) in [6.45, 7) is 0.721. The molecule has 128 valence electrons. The van der Waals surface area contributed by atoms with Gasteiger partial charge in [-0.05, 0) is 53.1 Å². The minimum absolute atomic E-state index is 0.00492. The molecular formula is C21H17N3OS. The van der Waals surface area contributed by atoms with Gasteiger partial charge in [0, 0.05) is 35.6 Å². The lowest BCUT2D eigenvalue weighted by atomic mass is 10.1. The maximum Gasteiger partial charge on any atom is 0.328 e. The quantitative estimate of drug-likeness (QED) is 0.476. The van der Waals surface area contributed by atoms with E-state index in [4.69, 9.17) is 0 Å². The molecule has 26 heavy (non-hydrogen) atoms. The van der Waals surface area contributed by atoms with Crippen LogP contribution in [0.3, 0.4) is 0 Å². The van der Waals surface area contributed by atoms with Crippen molar-refractivity contribution in [3.05, 3.63) is 65.7 Å². The van der Waals surface area contributed by atoms with E-state index in [0.29, 0.717) is 0 Å². The van der Waals surface area contributed by atoms with Crippen molar-refractivity contribution in [1.29, 1.82) is 0 Å². The first-order valence-corrected chi connectivity index (χ1v) is 9.49. The molecule has 0 unspecified atom stereocenters. The summed E-state index contributed by atoms with van der Waals surface area (Å²) < 4.78 is 1.28. The van der Waals surface area contributed by atoms with E-state index in [1.807, 2.05) is 42.3 Å². The molecule has 4 nitrogen and oxygen atoms in total. The highest BCUT2D eigenvalue weighted by atomic mass is 32.1. The zero-order chi connectivity index (χ0) is 17.7. The standard InChI is InChI=1S/C21H17N3OS/c1-23(18-6-9-22-17-5-3-2-4-16(17)18)21(25)24-10-7-14-13-20-15(8-11-26-20)12-19(14)24/h2-6,8-9,11-13H,7,10H2,1H3. The summed E-state index contributed by atoms with van der Waals surface area (Å²) in [5, 5.41) is 4.28. The molecule has 0 atom stereocenters. The lowest BCUT2D eigenvalue weighted by molar-refractivity contribution is 0.253. The Balaban J connectivity index is 1.54. The number of para-hydroxylation sites is 1. The molecule has 0 spiro atoms. The van der Waals surface area contributed by atoms with Gasteiger partial charge >= 0.3 is 6.03 Å². The molecule has 0 N–H and O–H groups in total. The van der Waals surface area contributed by atoms with Gasteiger partial charge < -0.3 is 0 Å². The number of rotatable bonds is 1.